The lowest BCUT2D eigenvalue weighted by atomic mass is 9.90. The van der Waals surface area contributed by atoms with Gasteiger partial charge >= 0.3 is 0 Å². The van der Waals surface area contributed by atoms with Crippen LogP contribution in [0.5, 0.6) is 0 Å². The second kappa shape index (κ2) is 5.66. The van der Waals surface area contributed by atoms with Crippen LogP contribution in [-0.4, -0.2) is 31.3 Å². The molecule has 20 heavy (non-hydrogen) atoms. The Kier molecular flexibility index (Phi) is 3.89. The molecule has 3 N–H and O–H groups in total. The van der Waals surface area contributed by atoms with E-state index in [0.29, 0.717) is 12.6 Å². The summed E-state index contributed by atoms with van der Waals surface area (Å²) in [6, 6.07) is 6.65. The van der Waals surface area contributed by atoms with E-state index in [0.717, 1.165) is 25.9 Å². The summed E-state index contributed by atoms with van der Waals surface area (Å²) in [5.74, 6) is 0.363. The Balaban J connectivity index is 1.98. The maximum absolute atomic E-state index is 11.9. The summed E-state index contributed by atoms with van der Waals surface area (Å²) in [5, 5.41) is 3.01. The molecule has 0 saturated carbocycles. The van der Waals surface area contributed by atoms with Gasteiger partial charge in [-0.05, 0) is 31.2 Å². The number of thioether (sulfide) groups is 1. The average Bonchev–Trinajstić information content (AvgIpc) is 2.88. The van der Waals surface area contributed by atoms with Crippen LogP contribution in [0.1, 0.15) is 18.4 Å². The molecule has 2 aliphatic rings. The molecule has 0 spiro atoms. The van der Waals surface area contributed by atoms with Gasteiger partial charge in [-0.3, -0.25) is 4.79 Å². The lowest BCUT2D eigenvalue weighted by Crippen LogP contribution is -2.46. The summed E-state index contributed by atoms with van der Waals surface area (Å²) in [6.07, 6.45) is 4.16. The molecular formula is C15H21N3OS. The van der Waals surface area contributed by atoms with E-state index in [4.69, 9.17) is 5.73 Å². The van der Waals surface area contributed by atoms with Gasteiger partial charge in [0.1, 0.15) is 0 Å². The number of nitrogens with two attached hydrogens (primary N) is 1. The number of carbonyl (C=O) groups excluding carboxylic acids is 1. The molecule has 5 heteroatoms. The first-order chi connectivity index (χ1) is 9.76. The topological polar surface area (TPSA) is 58.4 Å². The van der Waals surface area contributed by atoms with Crippen LogP contribution < -0.4 is 16.0 Å². The smallest absolute Gasteiger partial charge is 0.225 e. The quantitative estimate of drug-likeness (QED) is 0.830. The van der Waals surface area contributed by atoms with Crippen molar-refractivity contribution in [3.8, 4) is 0 Å². The minimum atomic E-state index is 0.146. The minimum Gasteiger partial charge on any atom is -0.366 e. The molecule has 0 aliphatic carbocycles. The van der Waals surface area contributed by atoms with Gasteiger partial charge in [0, 0.05) is 35.8 Å². The minimum absolute atomic E-state index is 0.146. The monoisotopic (exact) mass is 291 g/mol. The summed E-state index contributed by atoms with van der Waals surface area (Å²) in [4.78, 5) is 15.5. The summed E-state index contributed by atoms with van der Waals surface area (Å²) in [6.45, 7) is 2.32. The highest BCUT2D eigenvalue weighted by Crippen LogP contribution is 2.36. The van der Waals surface area contributed by atoms with E-state index < -0.39 is 0 Å². The third-order valence-electron chi connectivity index (χ3n) is 4.44. The Hall–Kier alpha value is -1.20. The molecule has 1 amide bonds. The van der Waals surface area contributed by atoms with Gasteiger partial charge in [0.15, 0.2) is 0 Å². The van der Waals surface area contributed by atoms with Crippen molar-refractivity contribution in [2.24, 2.45) is 11.7 Å². The largest absolute Gasteiger partial charge is 0.366 e. The molecule has 108 valence electrons. The number of nitrogens with one attached hydrogen (secondary N) is 1. The molecule has 1 aromatic carbocycles. The molecule has 4 nitrogen and oxygen atoms in total. The van der Waals surface area contributed by atoms with Gasteiger partial charge in [-0.1, -0.05) is 6.07 Å². The number of fused-ring (bicyclic) bond motifs is 1. The number of benzene rings is 1. The van der Waals surface area contributed by atoms with Crippen LogP contribution in [0, 0.1) is 5.92 Å². The van der Waals surface area contributed by atoms with Crippen LogP contribution in [0.15, 0.2) is 23.1 Å². The fraction of sp³-hybridized carbons (Fsp3) is 0.533. The van der Waals surface area contributed by atoms with Crippen LogP contribution in [0.4, 0.5) is 5.69 Å². The third kappa shape index (κ3) is 2.19. The van der Waals surface area contributed by atoms with E-state index >= 15 is 0 Å². The van der Waals surface area contributed by atoms with Crippen LogP contribution >= 0.6 is 11.8 Å². The molecule has 2 atom stereocenters. The van der Waals surface area contributed by atoms with Crippen LogP contribution in [0.25, 0.3) is 0 Å². The third-order valence-corrected chi connectivity index (χ3v) is 5.27. The van der Waals surface area contributed by atoms with E-state index in [1.807, 2.05) is 0 Å². The Bertz CT molecular complexity index is 520. The molecule has 0 aromatic heterocycles. The molecule has 0 bridgehead atoms. The van der Waals surface area contributed by atoms with Gasteiger partial charge in [0.2, 0.25) is 5.91 Å². The Morgan fingerprint density at radius 3 is 3.10 bits per heavy atom. The molecule has 1 aromatic rings. The number of amides is 1. The van der Waals surface area contributed by atoms with Gasteiger partial charge in [0.05, 0.1) is 12.0 Å². The number of nitrogens with zero attached hydrogens (tertiary/aromatic N) is 1. The van der Waals surface area contributed by atoms with Crippen molar-refractivity contribution in [2.75, 3.05) is 24.2 Å². The van der Waals surface area contributed by atoms with E-state index in [1.165, 1.54) is 16.1 Å². The number of carbonyl (C=O) groups is 1. The lowest BCUT2D eigenvalue weighted by Gasteiger charge is -2.39. The number of rotatable bonds is 3. The molecule has 2 fully saturated rings. The van der Waals surface area contributed by atoms with Crippen molar-refractivity contribution in [3.63, 3.8) is 0 Å². The van der Waals surface area contributed by atoms with Crippen LogP contribution in [0.2, 0.25) is 0 Å². The molecule has 0 radical (unpaired) electrons. The number of piperidine rings is 1. The molecular weight excluding hydrogens is 270 g/mol. The normalized spacial score (nSPS) is 25.5. The SMILES string of the molecule is CSc1cccc(N2CCCC3C(=O)NCC32)c1CN. The highest BCUT2D eigenvalue weighted by Gasteiger charge is 2.41. The fourth-order valence-corrected chi connectivity index (χ4v) is 4.12. The highest BCUT2D eigenvalue weighted by molar-refractivity contribution is 7.98. The average molecular weight is 291 g/mol. The zero-order chi connectivity index (χ0) is 14.1. The van der Waals surface area contributed by atoms with Crippen molar-refractivity contribution in [1.82, 2.24) is 5.32 Å². The maximum Gasteiger partial charge on any atom is 0.225 e. The highest BCUT2D eigenvalue weighted by atomic mass is 32.2. The van der Waals surface area contributed by atoms with Crippen molar-refractivity contribution in [2.45, 2.75) is 30.3 Å². The standard InChI is InChI=1S/C15H21N3OS/c1-20-14-6-2-5-12(11(14)8-16)18-7-3-4-10-13(18)9-17-15(10)19/h2,5-6,10,13H,3-4,7-9,16H2,1H3,(H,17,19). The summed E-state index contributed by atoms with van der Waals surface area (Å²) in [5.41, 5.74) is 8.40. The van der Waals surface area contributed by atoms with Gasteiger partial charge < -0.3 is 16.0 Å². The predicted octanol–water partition coefficient (Wildman–Crippen LogP) is 1.58. The van der Waals surface area contributed by atoms with E-state index in [9.17, 15) is 4.79 Å². The molecule has 2 aliphatic heterocycles. The second-order valence-electron chi connectivity index (χ2n) is 5.42. The summed E-state index contributed by atoms with van der Waals surface area (Å²) >= 11 is 1.73. The van der Waals surface area contributed by atoms with Crippen LogP contribution in [-0.2, 0) is 11.3 Å². The first-order valence-corrected chi connectivity index (χ1v) is 8.39. The van der Waals surface area contributed by atoms with E-state index in [1.54, 1.807) is 11.8 Å². The summed E-state index contributed by atoms with van der Waals surface area (Å²) in [7, 11) is 0. The first-order valence-electron chi connectivity index (χ1n) is 7.16. The molecule has 2 unspecified atom stereocenters. The van der Waals surface area contributed by atoms with Gasteiger partial charge in [-0.15, -0.1) is 11.8 Å². The molecule has 2 heterocycles. The fourth-order valence-electron chi connectivity index (χ4n) is 3.47. The summed E-state index contributed by atoms with van der Waals surface area (Å²) < 4.78 is 0. The van der Waals surface area contributed by atoms with Gasteiger partial charge in [-0.2, -0.15) is 0 Å². The first kappa shape index (κ1) is 13.8. The number of hydrogen-bond donors (Lipinski definition) is 2. The van der Waals surface area contributed by atoms with Crippen molar-refractivity contribution < 1.29 is 4.79 Å². The zero-order valence-corrected chi connectivity index (χ0v) is 12.6. The molecule has 2 saturated heterocycles. The molecule has 3 rings (SSSR count). The number of anilines is 1. The van der Waals surface area contributed by atoms with Crippen LogP contribution in [0.3, 0.4) is 0 Å². The predicted molar refractivity (Wildman–Crippen MR) is 83.0 cm³/mol. The van der Waals surface area contributed by atoms with Crippen molar-refractivity contribution in [3.05, 3.63) is 23.8 Å². The Morgan fingerprint density at radius 1 is 1.50 bits per heavy atom. The lowest BCUT2D eigenvalue weighted by molar-refractivity contribution is -0.122. The number of hydrogen-bond acceptors (Lipinski definition) is 4. The Morgan fingerprint density at radius 2 is 2.35 bits per heavy atom. The Labute approximate surface area is 124 Å². The van der Waals surface area contributed by atoms with E-state index in [-0.39, 0.29) is 11.8 Å². The van der Waals surface area contributed by atoms with Crippen molar-refractivity contribution >= 4 is 23.4 Å². The zero-order valence-electron chi connectivity index (χ0n) is 11.8. The second-order valence-corrected chi connectivity index (χ2v) is 6.26. The van der Waals surface area contributed by atoms with Gasteiger partial charge in [-0.25, -0.2) is 0 Å². The maximum atomic E-state index is 11.9. The van der Waals surface area contributed by atoms with E-state index in [2.05, 4.69) is 34.7 Å². The van der Waals surface area contributed by atoms with Crippen molar-refractivity contribution in [1.29, 1.82) is 0 Å². The van der Waals surface area contributed by atoms with Gasteiger partial charge in [0.25, 0.3) is 0 Å².